The van der Waals surface area contributed by atoms with Gasteiger partial charge < -0.3 is 29.9 Å². The Kier molecular flexibility index (Phi) is 36.1. The largest absolute Gasteiger partial charge is 0.480 e. The van der Waals surface area contributed by atoms with Gasteiger partial charge in [-0.15, -0.1) is 0 Å². The van der Waals surface area contributed by atoms with Gasteiger partial charge in [0.15, 0.2) is 6.10 Å². The highest BCUT2D eigenvalue weighted by Gasteiger charge is 2.36. The summed E-state index contributed by atoms with van der Waals surface area (Å²) in [6, 6.07) is -1.53. The van der Waals surface area contributed by atoms with Gasteiger partial charge in [-0.1, -0.05) is 152 Å². The SMILES string of the molecule is CCCCC/C=C\C/C=C\CC1OC1C/C=C\CCCC(=O)O[C@H](COC(=O)CCCCCCCCCCC/C=C\CCCCCCCC)COP(=O)(O)OC[C@H](N)C(=O)O. The molecule has 0 amide bonds. The lowest BCUT2D eigenvalue weighted by molar-refractivity contribution is -0.161. The number of hydrogen-bond acceptors (Lipinski definition) is 10. The molecule has 0 saturated carbocycles. The van der Waals surface area contributed by atoms with E-state index in [1.165, 1.54) is 103 Å². The van der Waals surface area contributed by atoms with Gasteiger partial charge in [0.2, 0.25) is 0 Å². The Morgan fingerprint density at radius 1 is 0.590 bits per heavy atom. The van der Waals surface area contributed by atoms with E-state index in [9.17, 15) is 23.8 Å². The number of phosphoric acid groups is 1. The molecule has 0 aliphatic carbocycles. The molecule has 4 N–H and O–H groups in total. The van der Waals surface area contributed by atoms with Crippen molar-refractivity contribution in [2.75, 3.05) is 19.8 Å². The summed E-state index contributed by atoms with van der Waals surface area (Å²) in [5, 5.41) is 8.91. The zero-order valence-electron chi connectivity index (χ0n) is 37.9. The lowest BCUT2D eigenvalue weighted by atomic mass is 10.1. The summed E-state index contributed by atoms with van der Waals surface area (Å²) in [7, 11) is -4.74. The highest BCUT2D eigenvalue weighted by atomic mass is 31.2. The summed E-state index contributed by atoms with van der Waals surface area (Å²) in [4.78, 5) is 46.1. The fourth-order valence-electron chi connectivity index (χ4n) is 6.56. The van der Waals surface area contributed by atoms with Crippen molar-refractivity contribution in [2.45, 2.75) is 218 Å². The molecule has 0 radical (unpaired) electrons. The molecule has 1 saturated heterocycles. The number of allylic oxidation sites excluding steroid dienone is 6. The van der Waals surface area contributed by atoms with Crippen LogP contribution in [-0.2, 0) is 42.2 Å². The molecule has 1 heterocycles. The molecule has 1 rings (SSSR count). The third-order valence-electron chi connectivity index (χ3n) is 10.5. The van der Waals surface area contributed by atoms with E-state index in [2.05, 4.69) is 60.9 Å². The van der Waals surface area contributed by atoms with Crippen LogP contribution >= 0.6 is 7.82 Å². The minimum Gasteiger partial charge on any atom is -0.480 e. The number of hydrogen-bond donors (Lipinski definition) is 3. The molecule has 5 atom stereocenters. The number of unbranched alkanes of at least 4 members (excludes halogenated alkanes) is 19. The topological polar surface area (TPSA) is 184 Å². The first-order valence-electron chi connectivity index (χ1n) is 23.8. The van der Waals surface area contributed by atoms with Gasteiger partial charge in [-0.05, 0) is 77.0 Å². The van der Waals surface area contributed by atoms with Crippen LogP contribution in [0.3, 0.4) is 0 Å². The quantitative estimate of drug-likeness (QED) is 0.0173. The van der Waals surface area contributed by atoms with Crippen LogP contribution in [0, 0.1) is 0 Å². The third kappa shape index (κ3) is 36.6. The average molecular weight is 882 g/mol. The van der Waals surface area contributed by atoms with Crippen LogP contribution in [0.5, 0.6) is 0 Å². The number of carboxylic acid groups (broad SMARTS) is 1. The van der Waals surface area contributed by atoms with Crippen LogP contribution in [0.25, 0.3) is 0 Å². The van der Waals surface area contributed by atoms with Crippen molar-refractivity contribution < 1.29 is 52.2 Å². The summed E-state index contributed by atoms with van der Waals surface area (Å²) in [5.74, 6) is -2.46. The second-order valence-corrected chi connectivity index (χ2v) is 17.7. The van der Waals surface area contributed by atoms with Crippen LogP contribution in [0.1, 0.15) is 194 Å². The van der Waals surface area contributed by atoms with E-state index >= 15 is 0 Å². The van der Waals surface area contributed by atoms with E-state index in [1.54, 1.807) is 0 Å². The fraction of sp³-hybridized carbons (Fsp3) is 0.771. The highest BCUT2D eigenvalue weighted by molar-refractivity contribution is 7.47. The molecule has 1 aliphatic heterocycles. The number of epoxide rings is 1. The standard InChI is InChI=1S/C48H84NO11P/c1-3-5-7-9-11-13-14-15-16-17-18-19-20-21-22-24-26-28-33-37-46(50)56-39-42(40-57-61(54,55)58-41-43(49)48(52)53)59-47(51)38-34-30-29-32-36-45-44(60-45)35-31-27-25-23-12-10-8-6-4-2/h12,15-16,23,27,29,31-32,42-45H,3-11,13-14,17-22,24-26,28,30,33-41,49H2,1-2H3,(H,52,53)(H,54,55)/b16-15-,23-12-,31-27-,32-29-/t42-,43+,44?,45?/m1/s1. The monoisotopic (exact) mass is 882 g/mol. The van der Waals surface area contributed by atoms with Crippen molar-refractivity contribution >= 4 is 25.7 Å². The Bertz CT molecular complexity index is 1290. The molecule has 61 heavy (non-hydrogen) atoms. The van der Waals surface area contributed by atoms with E-state index < -0.39 is 51.1 Å². The van der Waals surface area contributed by atoms with Gasteiger partial charge in [0.25, 0.3) is 0 Å². The normalized spacial score (nSPS) is 17.4. The number of rotatable bonds is 43. The van der Waals surface area contributed by atoms with Crippen molar-refractivity contribution in [2.24, 2.45) is 5.73 Å². The first-order valence-corrected chi connectivity index (χ1v) is 25.3. The third-order valence-corrected chi connectivity index (χ3v) is 11.4. The molecule has 0 aromatic heterocycles. The summed E-state index contributed by atoms with van der Waals surface area (Å²) < 4.78 is 38.5. The van der Waals surface area contributed by atoms with Crippen LogP contribution in [-0.4, -0.2) is 72.1 Å². The number of esters is 2. The lowest BCUT2D eigenvalue weighted by Crippen LogP contribution is -2.34. The predicted molar refractivity (Wildman–Crippen MR) is 244 cm³/mol. The second-order valence-electron chi connectivity index (χ2n) is 16.3. The number of phosphoric ester groups is 1. The Morgan fingerprint density at radius 2 is 1.03 bits per heavy atom. The maximum absolute atomic E-state index is 12.7. The summed E-state index contributed by atoms with van der Waals surface area (Å²) in [5.41, 5.74) is 5.34. The number of carbonyl (C=O) groups excluding carboxylic acids is 2. The van der Waals surface area contributed by atoms with Crippen molar-refractivity contribution in [3.63, 3.8) is 0 Å². The molecule has 0 aromatic carbocycles. The summed E-state index contributed by atoms with van der Waals surface area (Å²) in [6.07, 6.45) is 46.3. The van der Waals surface area contributed by atoms with Gasteiger partial charge in [-0.3, -0.25) is 23.4 Å². The highest BCUT2D eigenvalue weighted by Crippen LogP contribution is 2.43. The Labute approximate surface area is 369 Å². The molecular weight excluding hydrogens is 797 g/mol. The molecule has 0 spiro atoms. The number of aliphatic carboxylic acids is 1. The van der Waals surface area contributed by atoms with Gasteiger partial charge in [-0.25, -0.2) is 4.57 Å². The molecular formula is C48H84NO11P. The summed E-state index contributed by atoms with van der Waals surface area (Å²) >= 11 is 0. The minimum absolute atomic E-state index is 0.0760. The van der Waals surface area contributed by atoms with Crippen molar-refractivity contribution in [1.29, 1.82) is 0 Å². The van der Waals surface area contributed by atoms with Gasteiger partial charge in [0.1, 0.15) is 12.6 Å². The number of carbonyl (C=O) groups is 3. The maximum Gasteiger partial charge on any atom is 0.472 e. The fourth-order valence-corrected chi connectivity index (χ4v) is 7.34. The Balaban J connectivity index is 2.29. The first-order chi connectivity index (χ1) is 29.6. The summed E-state index contributed by atoms with van der Waals surface area (Å²) in [6.45, 7) is 2.71. The Morgan fingerprint density at radius 3 is 1.64 bits per heavy atom. The van der Waals surface area contributed by atoms with Crippen LogP contribution < -0.4 is 5.73 Å². The number of nitrogens with two attached hydrogens (primary N) is 1. The molecule has 0 bridgehead atoms. The molecule has 0 aromatic rings. The lowest BCUT2D eigenvalue weighted by Gasteiger charge is -2.20. The predicted octanol–water partition coefficient (Wildman–Crippen LogP) is 11.9. The van der Waals surface area contributed by atoms with Gasteiger partial charge in [0.05, 0.1) is 25.4 Å². The molecule has 1 fully saturated rings. The van der Waals surface area contributed by atoms with Crippen molar-refractivity contribution in [3.8, 4) is 0 Å². The Hall–Kier alpha value is -2.60. The number of ether oxygens (including phenoxy) is 3. The zero-order valence-corrected chi connectivity index (χ0v) is 38.8. The van der Waals surface area contributed by atoms with Gasteiger partial charge in [0, 0.05) is 12.8 Å². The zero-order chi connectivity index (χ0) is 44.7. The van der Waals surface area contributed by atoms with E-state index in [-0.39, 0.29) is 31.7 Å². The van der Waals surface area contributed by atoms with Gasteiger partial charge >= 0.3 is 25.7 Å². The van der Waals surface area contributed by atoms with Crippen LogP contribution in [0.2, 0.25) is 0 Å². The van der Waals surface area contributed by atoms with E-state index in [1.807, 2.05) is 6.08 Å². The first kappa shape index (κ1) is 56.4. The van der Waals surface area contributed by atoms with Crippen LogP contribution in [0.4, 0.5) is 0 Å². The van der Waals surface area contributed by atoms with Crippen molar-refractivity contribution in [1.82, 2.24) is 0 Å². The van der Waals surface area contributed by atoms with Gasteiger partial charge in [-0.2, -0.15) is 0 Å². The molecule has 13 heteroatoms. The molecule has 3 unspecified atom stereocenters. The molecule has 1 aliphatic rings. The molecule has 352 valence electrons. The van der Waals surface area contributed by atoms with Crippen LogP contribution in [0.15, 0.2) is 48.6 Å². The van der Waals surface area contributed by atoms with E-state index in [0.717, 1.165) is 44.9 Å². The van der Waals surface area contributed by atoms with Crippen molar-refractivity contribution in [3.05, 3.63) is 48.6 Å². The maximum atomic E-state index is 12.7. The smallest absolute Gasteiger partial charge is 0.472 e. The minimum atomic E-state index is -4.74. The number of carboxylic acids is 1. The molecule has 12 nitrogen and oxygen atoms in total. The average Bonchev–Trinajstić information content (AvgIpc) is 4.00. The van der Waals surface area contributed by atoms with E-state index in [4.69, 9.17) is 29.6 Å². The second kappa shape index (κ2) is 39.0. The van der Waals surface area contributed by atoms with E-state index in [0.29, 0.717) is 19.3 Å².